The standard InChI is InChI=1S/C24H23FN6O3/c1-33-21-18-4-2-3-5-19(18)28-23(29-21)30-8-6-24(25,7-9-30)22(32)31-10-11-34-20-16(12-26)13-27-14-17(20)15-31/h2-5,13-14H,6-11,15H2,1H3. The lowest BCUT2D eigenvalue weighted by Gasteiger charge is -2.38. The van der Waals surface area contributed by atoms with Crippen LogP contribution < -0.4 is 14.4 Å². The van der Waals surface area contributed by atoms with Crippen LogP contribution in [0, 0.1) is 11.3 Å². The number of piperidine rings is 1. The van der Waals surface area contributed by atoms with Crippen molar-refractivity contribution < 1.29 is 18.7 Å². The van der Waals surface area contributed by atoms with E-state index in [-0.39, 0.29) is 32.5 Å². The van der Waals surface area contributed by atoms with Gasteiger partial charge >= 0.3 is 0 Å². The average molecular weight is 462 g/mol. The Bertz CT molecular complexity index is 1290. The van der Waals surface area contributed by atoms with Gasteiger partial charge in [-0.1, -0.05) is 12.1 Å². The van der Waals surface area contributed by atoms with Crippen molar-refractivity contribution in [3.05, 3.63) is 47.8 Å². The number of carbonyl (C=O) groups is 1. The Balaban J connectivity index is 1.32. The summed E-state index contributed by atoms with van der Waals surface area (Å²) in [7, 11) is 1.55. The van der Waals surface area contributed by atoms with Crippen LogP contribution in [0.1, 0.15) is 24.0 Å². The number of rotatable bonds is 3. The molecule has 2 aliphatic rings. The number of carbonyl (C=O) groups excluding carboxylic acids is 1. The molecule has 2 aliphatic heterocycles. The first-order valence-corrected chi connectivity index (χ1v) is 11.1. The molecule has 1 saturated heterocycles. The maximum absolute atomic E-state index is 15.9. The van der Waals surface area contributed by atoms with Crippen LogP contribution in [-0.4, -0.2) is 64.8 Å². The van der Waals surface area contributed by atoms with Gasteiger partial charge in [-0.3, -0.25) is 9.78 Å². The smallest absolute Gasteiger partial charge is 0.260 e. The second-order valence-corrected chi connectivity index (χ2v) is 8.36. The van der Waals surface area contributed by atoms with Gasteiger partial charge in [0.2, 0.25) is 11.8 Å². The highest BCUT2D eigenvalue weighted by Crippen LogP contribution is 2.34. The molecule has 9 nitrogen and oxygen atoms in total. The number of para-hydroxylation sites is 1. The summed E-state index contributed by atoms with van der Waals surface area (Å²) < 4.78 is 27.0. The van der Waals surface area contributed by atoms with Crippen LogP contribution in [-0.2, 0) is 11.3 Å². The van der Waals surface area contributed by atoms with Gasteiger partial charge in [0.05, 0.1) is 31.1 Å². The highest BCUT2D eigenvalue weighted by molar-refractivity contribution is 5.86. The first-order chi connectivity index (χ1) is 16.5. The molecule has 5 rings (SSSR count). The Morgan fingerprint density at radius 2 is 2.00 bits per heavy atom. The number of benzene rings is 1. The minimum atomic E-state index is -2.00. The number of fused-ring (bicyclic) bond motifs is 2. The number of halogens is 1. The van der Waals surface area contributed by atoms with E-state index in [9.17, 15) is 10.1 Å². The van der Waals surface area contributed by atoms with Crippen molar-refractivity contribution in [3.8, 4) is 17.7 Å². The molecular weight excluding hydrogens is 439 g/mol. The van der Waals surface area contributed by atoms with E-state index in [4.69, 9.17) is 9.47 Å². The van der Waals surface area contributed by atoms with Crippen LogP contribution in [0.3, 0.4) is 0 Å². The number of alkyl halides is 1. The fourth-order valence-corrected chi connectivity index (χ4v) is 4.46. The maximum atomic E-state index is 15.9. The van der Waals surface area contributed by atoms with E-state index < -0.39 is 11.6 Å². The lowest BCUT2D eigenvalue weighted by molar-refractivity contribution is -0.146. The zero-order chi connectivity index (χ0) is 23.7. The van der Waals surface area contributed by atoms with Crippen molar-refractivity contribution in [3.63, 3.8) is 0 Å². The SMILES string of the molecule is COc1nc(N2CCC(F)(C(=O)N3CCOc4c(C#N)cncc4C3)CC2)nc2ccccc12. The molecule has 10 heteroatoms. The van der Waals surface area contributed by atoms with E-state index in [0.29, 0.717) is 41.8 Å². The summed E-state index contributed by atoms with van der Waals surface area (Å²) in [5.41, 5.74) is -0.350. The Morgan fingerprint density at radius 1 is 1.21 bits per heavy atom. The fraction of sp³-hybridized carbons (Fsp3) is 0.375. The van der Waals surface area contributed by atoms with Crippen LogP contribution in [0.2, 0.25) is 0 Å². The van der Waals surface area contributed by atoms with Gasteiger partial charge in [0.1, 0.15) is 24.0 Å². The third-order valence-corrected chi connectivity index (χ3v) is 6.32. The van der Waals surface area contributed by atoms with Gasteiger partial charge in [-0.2, -0.15) is 10.2 Å². The summed E-state index contributed by atoms with van der Waals surface area (Å²) in [5.74, 6) is 0.764. The van der Waals surface area contributed by atoms with E-state index >= 15 is 4.39 Å². The van der Waals surface area contributed by atoms with Gasteiger partial charge < -0.3 is 19.3 Å². The zero-order valence-corrected chi connectivity index (χ0v) is 18.7. The van der Waals surface area contributed by atoms with Gasteiger partial charge in [0.15, 0.2) is 5.67 Å². The summed E-state index contributed by atoms with van der Waals surface area (Å²) in [5, 5.41) is 10.1. The highest BCUT2D eigenvalue weighted by atomic mass is 19.1. The molecule has 1 amide bonds. The second kappa shape index (κ2) is 8.74. The molecule has 174 valence electrons. The fourth-order valence-electron chi connectivity index (χ4n) is 4.46. The van der Waals surface area contributed by atoms with Crippen LogP contribution in [0.25, 0.3) is 10.9 Å². The lowest BCUT2D eigenvalue weighted by atomic mass is 9.91. The molecule has 1 fully saturated rings. The first-order valence-electron chi connectivity index (χ1n) is 11.1. The predicted octanol–water partition coefficient (Wildman–Crippen LogP) is 2.63. The molecule has 0 saturated carbocycles. The minimum absolute atomic E-state index is 0.0189. The topological polar surface area (TPSA) is 104 Å². The number of ether oxygens (including phenoxy) is 2. The number of methoxy groups -OCH3 is 1. The average Bonchev–Trinajstić information content (AvgIpc) is 3.10. The summed E-state index contributed by atoms with van der Waals surface area (Å²) in [6, 6.07) is 9.59. The van der Waals surface area contributed by atoms with Crippen molar-refractivity contribution in [2.75, 3.05) is 38.3 Å². The highest BCUT2D eigenvalue weighted by Gasteiger charge is 2.45. The Morgan fingerprint density at radius 3 is 2.76 bits per heavy atom. The molecule has 0 bridgehead atoms. The molecule has 0 aliphatic carbocycles. The monoisotopic (exact) mass is 462 g/mol. The molecule has 3 aromatic rings. The summed E-state index contributed by atoms with van der Waals surface area (Å²) in [4.78, 5) is 29.8. The number of nitrogens with zero attached hydrogens (tertiary/aromatic N) is 6. The molecule has 0 atom stereocenters. The van der Waals surface area contributed by atoms with Gasteiger partial charge in [-0.15, -0.1) is 0 Å². The summed E-state index contributed by atoms with van der Waals surface area (Å²) in [6.45, 7) is 1.16. The number of hydrogen-bond donors (Lipinski definition) is 0. The number of amides is 1. The summed E-state index contributed by atoms with van der Waals surface area (Å²) in [6.07, 6.45) is 3.02. The number of anilines is 1. The first kappa shape index (κ1) is 21.8. The Hall–Kier alpha value is -4.00. The largest absolute Gasteiger partial charge is 0.490 e. The zero-order valence-electron chi connectivity index (χ0n) is 18.7. The van der Waals surface area contributed by atoms with E-state index in [1.165, 1.54) is 11.1 Å². The van der Waals surface area contributed by atoms with Gasteiger partial charge in [0.25, 0.3) is 5.91 Å². The lowest BCUT2D eigenvalue weighted by Crippen LogP contribution is -2.53. The van der Waals surface area contributed by atoms with Gasteiger partial charge in [-0.25, -0.2) is 9.37 Å². The van der Waals surface area contributed by atoms with Crippen molar-refractivity contribution in [2.24, 2.45) is 0 Å². The normalized spacial score (nSPS) is 17.3. The van der Waals surface area contributed by atoms with Crippen molar-refractivity contribution in [1.82, 2.24) is 19.9 Å². The van der Waals surface area contributed by atoms with Crippen molar-refractivity contribution in [2.45, 2.75) is 25.1 Å². The number of aromatic nitrogens is 3. The van der Waals surface area contributed by atoms with Crippen LogP contribution >= 0.6 is 0 Å². The molecular formula is C24H23FN6O3. The van der Waals surface area contributed by atoms with E-state index in [2.05, 4.69) is 15.0 Å². The molecule has 4 heterocycles. The van der Waals surface area contributed by atoms with E-state index in [0.717, 1.165) is 10.9 Å². The molecule has 34 heavy (non-hydrogen) atoms. The third kappa shape index (κ3) is 3.83. The molecule has 0 spiro atoms. The van der Waals surface area contributed by atoms with Crippen LogP contribution in [0.4, 0.5) is 10.3 Å². The molecule has 2 aromatic heterocycles. The van der Waals surface area contributed by atoms with Crippen LogP contribution in [0.15, 0.2) is 36.7 Å². The summed E-state index contributed by atoms with van der Waals surface area (Å²) >= 11 is 0. The van der Waals surface area contributed by atoms with Gasteiger partial charge in [0, 0.05) is 43.9 Å². The Labute approximate surface area is 195 Å². The van der Waals surface area contributed by atoms with Crippen LogP contribution in [0.5, 0.6) is 11.6 Å². The number of hydrogen-bond acceptors (Lipinski definition) is 8. The molecule has 0 radical (unpaired) electrons. The quantitative estimate of drug-likeness (QED) is 0.585. The van der Waals surface area contributed by atoms with Crippen molar-refractivity contribution in [1.29, 1.82) is 5.26 Å². The number of nitriles is 1. The molecule has 0 N–H and O–H groups in total. The maximum Gasteiger partial charge on any atom is 0.260 e. The predicted molar refractivity (Wildman–Crippen MR) is 121 cm³/mol. The van der Waals surface area contributed by atoms with Crippen molar-refractivity contribution >= 4 is 22.8 Å². The minimum Gasteiger partial charge on any atom is -0.490 e. The third-order valence-electron chi connectivity index (χ3n) is 6.32. The Kier molecular flexibility index (Phi) is 5.61. The van der Waals surface area contributed by atoms with E-state index in [1.807, 2.05) is 35.2 Å². The molecule has 0 unspecified atom stereocenters. The number of pyridine rings is 1. The van der Waals surface area contributed by atoms with E-state index in [1.54, 1.807) is 13.3 Å². The molecule has 1 aromatic carbocycles. The van der Waals surface area contributed by atoms with Gasteiger partial charge in [-0.05, 0) is 12.1 Å². The second-order valence-electron chi connectivity index (χ2n) is 8.36.